The normalized spacial score (nSPS) is 10.9. The summed E-state index contributed by atoms with van der Waals surface area (Å²) in [5.41, 5.74) is 7.76. The smallest absolute Gasteiger partial charge is 0.264 e. The Bertz CT molecular complexity index is 698. The second-order valence-electron chi connectivity index (χ2n) is 3.49. The van der Waals surface area contributed by atoms with Crippen molar-refractivity contribution >= 4 is 44.5 Å². The predicted molar refractivity (Wildman–Crippen MR) is 72.3 cm³/mol. The topological polar surface area (TPSA) is 77.8 Å². The third-order valence-corrected chi connectivity index (χ3v) is 3.32. The van der Waals surface area contributed by atoms with Crippen LogP contribution >= 0.6 is 27.7 Å². The number of fused-ring (bicyclic) bond motifs is 1. The number of rotatable bonds is 2. The molecule has 2 aromatic heterocycles. The van der Waals surface area contributed by atoms with Gasteiger partial charge in [0, 0.05) is 35.9 Å². The molecule has 0 bridgehead atoms. The zero-order chi connectivity index (χ0) is 12.5. The Kier molecular flexibility index (Phi) is 2.92. The minimum absolute atomic E-state index is 0.498. The van der Waals surface area contributed by atoms with Crippen LogP contribution in [0.4, 0.5) is 5.69 Å². The molecule has 0 fully saturated rings. The van der Waals surface area contributed by atoms with Crippen molar-refractivity contribution in [2.24, 2.45) is 0 Å². The van der Waals surface area contributed by atoms with Crippen molar-refractivity contribution in [3.05, 3.63) is 35.1 Å². The van der Waals surface area contributed by atoms with Gasteiger partial charge in [0.1, 0.15) is 5.52 Å². The van der Waals surface area contributed by atoms with Crippen LogP contribution in [0.2, 0.25) is 0 Å². The van der Waals surface area contributed by atoms with E-state index in [0.717, 1.165) is 9.99 Å². The fraction of sp³-hybridized carbons (Fsp3) is 0. The molecule has 0 aliphatic heterocycles. The highest BCUT2D eigenvalue weighted by molar-refractivity contribution is 9.10. The summed E-state index contributed by atoms with van der Waals surface area (Å²) in [4.78, 5) is 12.6. The molecule has 0 atom stereocenters. The molecule has 0 saturated heterocycles. The summed E-state index contributed by atoms with van der Waals surface area (Å²) in [6.07, 6.45) is 3.35. The first-order chi connectivity index (χ1) is 8.70. The molecular formula is C11H7BrN4OS. The van der Waals surface area contributed by atoms with Crippen LogP contribution in [-0.2, 0) is 0 Å². The van der Waals surface area contributed by atoms with Gasteiger partial charge in [-0.05, 0) is 28.1 Å². The van der Waals surface area contributed by atoms with E-state index >= 15 is 0 Å². The molecule has 5 nitrogen and oxygen atoms in total. The Balaban J connectivity index is 1.92. The van der Waals surface area contributed by atoms with Crippen molar-refractivity contribution in [3.63, 3.8) is 0 Å². The lowest BCUT2D eigenvalue weighted by Crippen LogP contribution is -1.84. The Hall–Kier alpha value is -1.60. The molecule has 0 spiro atoms. The number of hydrogen-bond acceptors (Lipinski definition) is 6. The van der Waals surface area contributed by atoms with Gasteiger partial charge in [-0.3, -0.25) is 0 Å². The first-order valence-electron chi connectivity index (χ1n) is 5.02. The zero-order valence-corrected chi connectivity index (χ0v) is 11.4. The van der Waals surface area contributed by atoms with E-state index in [9.17, 15) is 0 Å². The maximum atomic E-state index is 5.68. The average Bonchev–Trinajstić information content (AvgIpc) is 2.73. The van der Waals surface area contributed by atoms with Gasteiger partial charge >= 0.3 is 0 Å². The van der Waals surface area contributed by atoms with E-state index in [-0.39, 0.29) is 0 Å². The summed E-state index contributed by atoms with van der Waals surface area (Å²) in [6.45, 7) is 0. The summed E-state index contributed by atoms with van der Waals surface area (Å²) < 4.78 is 6.39. The quantitative estimate of drug-likeness (QED) is 0.577. The van der Waals surface area contributed by atoms with Crippen LogP contribution in [0.3, 0.4) is 0 Å². The Morgan fingerprint density at radius 3 is 2.78 bits per heavy atom. The van der Waals surface area contributed by atoms with Gasteiger partial charge in [0.05, 0.1) is 4.47 Å². The predicted octanol–water partition coefficient (Wildman–Crippen LogP) is 3.11. The molecule has 1 aromatic carbocycles. The molecule has 7 heteroatoms. The SMILES string of the molecule is Nc1ccc2nc(Sc3ncc(Br)cn3)oc2c1. The van der Waals surface area contributed by atoms with Crippen molar-refractivity contribution in [3.8, 4) is 0 Å². The molecule has 0 saturated carbocycles. The lowest BCUT2D eigenvalue weighted by Gasteiger charge is -1.94. The third-order valence-electron chi connectivity index (χ3n) is 2.17. The molecule has 18 heavy (non-hydrogen) atoms. The van der Waals surface area contributed by atoms with Crippen LogP contribution < -0.4 is 5.73 Å². The van der Waals surface area contributed by atoms with Gasteiger partial charge in [-0.25, -0.2) is 15.0 Å². The van der Waals surface area contributed by atoms with Crippen molar-refractivity contribution < 1.29 is 4.42 Å². The molecule has 2 N–H and O–H groups in total. The molecule has 0 unspecified atom stereocenters. The summed E-state index contributed by atoms with van der Waals surface area (Å²) >= 11 is 4.55. The van der Waals surface area contributed by atoms with E-state index in [1.165, 1.54) is 11.8 Å². The van der Waals surface area contributed by atoms with Gasteiger partial charge < -0.3 is 10.2 Å². The standard InChI is InChI=1S/C11H7BrN4OS/c12-6-4-14-10(15-5-6)18-11-16-8-2-1-7(13)3-9(8)17-11/h1-5H,13H2. The summed E-state index contributed by atoms with van der Waals surface area (Å²) in [5, 5.41) is 1.08. The highest BCUT2D eigenvalue weighted by Gasteiger charge is 2.09. The molecule has 0 aliphatic carbocycles. The summed E-state index contributed by atoms with van der Waals surface area (Å²) in [5.74, 6) is 0. The number of hydrogen-bond donors (Lipinski definition) is 1. The third kappa shape index (κ3) is 2.32. The fourth-order valence-corrected chi connectivity index (χ4v) is 2.24. The van der Waals surface area contributed by atoms with Crippen LogP contribution in [0.15, 0.2) is 49.9 Å². The molecule has 0 aliphatic rings. The van der Waals surface area contributed by atoms with Crippen LogP contribution in [-0.4, -0.2) is 15.0 Å². The van der Waals surface area contributed by atoms with Gasteiger partial charge in [0.25, 0.3) is 5.22 Å². The number of nitrogen functional groups attached to an aromatic ring is 1. The van der Waals surface area contributed by atoms with Crippen molar-refractivity contribution in [1.82, 2.24) is 15.0 Å². The second kappa shape index (κ2) is 4.58. The number of halogens is 1. The number of nitrogens with zero attached hydrogens (tertiary/aromatic N) is 3. The van der Waals surface area contributed by atoms with E-state index in [1.54, 1.807) is 24.5 Å². The number of nitrogens with two attached hydrogens (primary N) is 1. The fourth-order valence-electron chi connectivity index (χ4n) is 1.39. The van der Waals surface area contributed by atoms with E-state index in [4.69, 9.17) is 10.2 Å². The van der Waals surface area contributed by atoms with Gasteiger partial charge in [-0.15, -0.1) is 0 Å². The van der Waals surface area contributed by atoms with E-state index in [2.05, 4.69) is 30.9 Å². The summed E-state index contributed by atoms with van der Waals surface area (Å²) in [6, 6.07) is 5.35. The lowest BCUT2D eigenvalue weighted by molar-refractivity contribution is 0.489. The van der Waals surface area contributed by atoms with Gasteiger partial charge in [0.15, 0.2) is 10.7 Å². The van der Waals surface area contributed by atoms with E-state index < -0.39 is 0 Å². The summed E-state index contributed by atoms with van der Waals surface area (Å²) in [7, 11) is 0. The molecule has 2 heterocycles. The Morgan fingerprint density at radius 1 is 1.22 bits per heavy atom. The lowest BCUT2D eigenvalue weighted by atomic mass is 10.3. The minimum Gasteiger partial charge on any atom is -0.431 e. The molecule has 3 rings (SSSR count). The average molecular weight is 323 g/mol. The largest absolute Gasteiger partial charge is 0.431 e. The highest BCUT2D eigenvalue weighted by atomic mass is 79.9. The maximum absolute atomic E-state index is 5.68. The Morgan fingerprint density at radius 2 is 2.00 bits per heavy atom. The van der Waals surface area contributed by atoms with Gasteiger partial charge in [0.2, 0.25) is 0 Å². The van der Waals surface area contributed by atoms with Gasteiger partial charge in [-0.2, -0.15) is 0 Å². The van der Waals surface area contributed by atoms with Crippen molar-refractivity contribution in [2.45, 2.75) is 10.4 Å². The number of aromatic nitrogens is 3. The van der Waals surface area contributed by atoms with Crippen LogP contribution in [0.5, 0.6) is 0 Å². The number of anilines is 1. The number of benzene rings is 1. The first-order valence-corrected chi connectivity index (χ1v) is 6.63. The van der Waals surface area contributed by atoms with Crippen molar-refractivity contribution in [2.75, 3.05) is 5.73 Å². The molecular weight excluding hydrogens is 316 g/mol. The molecule has 0 amide bonds. The molecule has 0 radical (unpaired) electrons. The highest BCUT2D eigenvalue weighted by Crippen LogP contribution is 2.28. The Labute approximate surface area is 115 Å². The maximum Gasteiger partial charge on any atom is 0.264 e. The van der Waals surface area contributed by atoms with Gasteiger partial charge in [-0.1, -0.05) is 0 Å². The van der Waals surface area contributed by atoms with Crippen LogP contribution in [0.25, 0.3) is 11.1 Å². The molecule has 90 valence electrons. The number of oxazole rings is 1. The minimum atomic E-state index is 0.498. The van der Waals surface area contributed by atoms with E-state index in [0.29, 0.717) is 21.6 Å². The monoisotopic (exact) mass is 322 g/mol. The first kappa shape index (κ1) is 11.5. The zero-order valence-electron chi connectivity index (χ0n) is 9.00. The van der Waals surface area contributed by atoms with Crippen LogP contribution in [0.1, 0.15) is 0 Å². The second-order valence-corrected chi connectivity index (χ2v) is 5.33. The van der Waals surface area contributed by atoms with Crippen LogP contribution in [0, 0.1) is 0 Å². The van der Waals surface area contributed by atoms with Crippen molar-refractivity contribution in [1.29, 1.82) is 0 Å². The molecule has 3 aromatic rings. The van der Waals surface area contributed by atoms with E-state index in [1.807, 2.05) is 6.07 Å².